The van der Waals surface area contributed by atoms with E-state index >= 15 is 0 Å². The van der Waals surface area contributed by atoms with E-state index in [0.29, 0.717) is 13.0 Å². The summed E-state index contributed by atoms with van der Waals surface area (Å²) in [5.74, 6) is -1.80. The third kappa shape index (κ3) is 17.8. The molecule has 0 aromatic carbocycles. The molecule has 47 heavy (non-hydrogen) atoms. The van der Waals surface area contributed by atoms with E-state index in [9.17, 15) is 34.8 Å². The number of carbonyl (C=O) groups excluding carboxylic acids is 3. The minimum absolute atomic E-state index is 0.0183. The number of aliphatic hydroxyl groups excluding tert-OH is 4. The van der Waals surface area contributed by atoms with Gasteiger partial charge >= 0.3 is 0 Å². The summed E-state index contributed by atoms with van der Waals surface area (Å²) in [5.41, 5.74) is 0. The van der Waals surface area contributed by atoms with Crippen molar-refractivity contribution in [2.75, 3.05) is 53.7 Å². The molecule has 1 aliphatic rings. The van der Waals surface area contributed by atoms with Crippen LogP contribution in [0.4, 0.5) is 0 Å². The predicted molar refractivity (Wildman–Crippen MR) is 176 cm³/mol. The lowest BCUT2D eigenvalue weighted by Crippen LogP contribution is -2.64. The number of ether oxygens (including phenoxy) is 4. The molecule has 1 aliphatic heterocycles. The number of rotatable bonds is 28. The predicted octanol–water partition coefficient (Wildman–Crippen LogP) is 2.02. The average Bonchev–Trinajstić information content (AvgIpc) is 3.06. The van der Waals surface area contributed by atoms with Crippen LogP contribution in [0.2, 0.25) is 0 Å². The van der Waals surface area contributed by atoms with Gasteiger partial charge in [0.1, 0.15) is 31.0 Å². The number of Topliss-reactive ketones (excluding diaryl/α,β-unsaturated/α-hetero) is 1. The molecule has 0 radical (unpaired) electrons. The van der Waals surface area contributed by atoms with E-state index in [1.54, 1.807) is 0 Å². The fourth-order valence-corrected chi connectivity index (χ4v) is 5.41. The van der Waals surface area contributed by atoms with Gasteiger partial charge in [-0.15, -0.1) is 0 Å². The first-order chi connectivity index (χ1) is 22.7. The molecule has 13 nitrogen and oxygen atoms in total. The molecule has 0 bridgehead atoms. The Hall–Kier alpha value is -1.97. The van der Waals surface area contributed by atoms with Gasteiger partial charge in [-0.1, -0.05) is 76.9 Å². The number of hydrogen-bond acceptors (Lipinski definition) is 11. The molecule has 1 fully saturated rings. The number of ketones is 1. The maximum absolute atomic E-state index is 13.8. The molecule has 1 saturated heterocycles. The zero-order chi connectivity index (χ0) is 34.9. The van der Waals surface area contributed by atoms with Crippen molar-refractivity contribution in [1.82, 2.24) is 10.2 Å². The van der Waals surface area contributed by atoms with Crippen LogP contribution >= 0.6 is 0 Å². The standard InChI is InChI=1S/C34H62N2O11/c1-4-5-6-7-8-9-10-11-12-13-14-15-16-17-18-19-27(32(41)35-24-26(37)25-45-3)36(20-21-46-23-22-44-2)33(42)31-29(39)28(38)30(40)34(43)47-31/h11-12,27-31,34,38-40,43H,4-10,13-25H2,1-3H3,(H,35,41)/b12-11-/t27?,28-,29+,30?,31?,34-/m1/s1. The van der Waals surface area contributed by atoms with Crippen LogP contribution in [-0.2, 0) is 33.3 Å². The number of aliphatic hydroxyl groups is 4. The first-order valence-corrected chi connectivity index (χ1v) is 17.4. The Labute approximate surface area is 281 Å². The second-order valence-corrected chi connectivity index (χ2v) is 12.1. The van der Waals surface area contributed by atoms with Crippen LogP contribution in [0, 0.1) is 0 Å². The van der Waals surface area contributed by atoms with E-state index in [4.69, 9.17) is 18.9 Å². The van der Waals surface area contributed by atoms with Crippen molar-refractivity contribution >= 4 is 17.6 Å². The zero-order valence-electron chi connectivity index (χ0n) is 28.9. The lowest BCUT2D eigenvalue weighted by molar-refractivity contribution is -0.278. The van der Waals surface area contributed by atoms with Gasteiger partial charge in [0.2, 0.25) is 5.91 Å². The summed E-state index contributed by atoms with van der Waals surface area (Å²) in [4.78, 5) is 40.4. The Balaban J connectivity index is 2.82. The van der Waals surface area contributed by atoms with Crippen molar-refractivity contribution in [1.29, 1.82) is 0 Å². The summed E-state index contributed by atoms with van der Waals surface area (Å²) in [7, 11) is 2.89. The lowest BCUT2D eigenvalue weighted by atomic mass is 9.96. The molecule has 1 rings (SSSR count). The monoisotopic (exact) mass is 674 g/mol. The largest absolute Gasteiger partial charge is 0.387 e. The summed E-state index contributed by atoms with van der Waals surface area (Å²) < 4.78 is 20.6. The van der Waals surface area contributed by atoms with Crippen molar-refractivity contribution in [3.8, 4) is 0 Å². The van der Waals surface area contributed by atoms with Gasteiger partial charge in [-0.05, 0) is 32.1 Å². The van der Waals surface area contributed by atoms with Crippen molar-refractivity contribution in [2.24, 2.45) is 0 Å². The third-order valence-corrected chi connectivity index (χ3v) is 8.21. The summed E-state index contributed by atoms with van der Waals surface area (Å²) in [6, 6.07) is -1.06. The highest BCUT2D eigenvalue weighted by molar-refractivity contribution is 5.92. The van der Waals surface area contributed by atoms with Crippen LogP contribution in [0.5, 0.6) is 0 Å². The molecular weight excluding hydrogens is 612 g/mol. The molecular formula is C34H62N2O11. The maximum atomic E-state index is 13.8. The Morgan fingerprint density at radius 1 is 0.787 bits per heavy atom. The Morgan fingerprint density at radius 3 is 2.02 bits per heavy atom. The highest BCUT2D eigenvalue weighted by Gasteiger charge is 2.48. The van der Waals surface area contributed by atoms with E-state index in [1.165, 1.54) is 57.6 Å². The number of hydrogen-bond donors (Lipinski definition) is 5. The lowest BCUT2D eigenvalue weighted by Gasteiger charge is -2.41. The van der Waals surface area contributed by atoms with Gasteiger partial charge in [0.05, 0.1) is 26.4 Å². The molecule has 5 N–H and O–H groups in total. The Kier molecular flexibility index (Phi) is 24.7. The normalized spacial score (nSPS) is 22.0. The minimum atomic E-state index is -1.92. The van der Waals surface area contributed by atoms with Crippen molar-refractivity contribution < 1.29 is 53.8 Å². The number of carbonyl (C=O) groups is 3. The summed E-state index contributed by atoms with van der Waals surface area (Å²) in [6.45, 7) is 2.23. The van der Waals surface area contributed by atoms with Crippen molar-refractivity contribution in [3.05, 3.63) is 12.2 Å². The van der Waals surface area contributed by atoms with E-state index in [-0.39, 0.29) is 45.1 Å². The van der Waals surface area contributed by atoms with Gasteiger partial charge in [0, 0.05) is 20.8 Å². The van der Waals surface area contributed by atoms with Gasteiger partial charge in [0.15, 0.2) is 18.2 Å². The quantitative estimate of drug-likeness (QED) is 0.0604. The Bertz CT molecular complexity index is 875. The van der Waals surface area contributed by atoms with Gasteiger partial charge in [-0.25, -0.2) is 0 Å². The van der Waals surface area contributed by atoms with Crippen LogP contribution in [0.25, 0.3) is 0 Å². The highest BCUT2D eigenvalue weighted by Crippen LogP contribution is 2.24. The second-order valence-electron chi connectivity index (χ2n) is 12.1. The average molecular weight is 675 g/mol. The van der Waals surface area contributed by atoms with Crippen LogP contribution in [0.1, 0.15) is 96.8 Å². The van der Waals surface area contributed by atoms with Crippen molar-refractivity contribution in [2.45, 2.75) is 134 Å². The van der Waals surface area contributed by atoms with Gasteiger partial charge in [-0.3, -0.25) is 14.4 Å². The SMILES string of the molecule is CCCCCCCC/C=C\CCCCCCCC(C(=O)NCC(=O)COC)N(CCOCCOC)C(=O)C1O[C@@H](O)C(O)[C@H](O)[C@@H]1O. The summed E-state index contributed by atoms with van der Waals surface area (Å²) in [5, 5.41) is 43.3. The van der Waals surface area contributed by atoms with Gasteiger partial charge in [-0.2, -0.15) is 0 Å². The minimum Gasteiger partial charge on any atom is -0.387 e. The van der Waals surface area contributed by atoms with Crippen molar-refractivity contribution in [3.63, 3.8) is 0 Å². The van der Waals surface area contributed by atoms with Gasteiger partial charge < -0.3 is 49.6 Å². The van der Waals surface area contributed by atoms with E-state index in [1.807, 2.05) is 0 Å². The number of allylic oxidation sites excluding steroid dienone is 2. The molecule has 274 valence electrons. The number of nitrogens with zero attached hydrogens (tertiary/aromatic N) is 1. The molecule has 13 heteroatoms. The fraction of sp³-hybridized carbons (Fsp3) is 0.853. The van der Waals surface area contributed by atoms with E-state index in [2.05, 4.69) is 24.4 Å². The molecule has 0 aromatic rings. The molecule has 6 atom stereocenters. The molecule has 0 aromatic heterocycles. The maximum Gasteiger partial charge on any atom is 0.255 e. The van der Waals surface area contributed by atoms with Crippen LogP contribution in [0.15, 0.2) is 12.2 Å². The number of methoxy groups -OCH3 is 2. The zero-order valence-corrected chi connectivity index (χ0v) is 28.9. The first-order valence-electron chi connectivity index (χ1n) is 17.4. The second kappa shape index (κ2) is 26.9. The molecule has 0 spiro atoms. The topological polar surface area (TPSA) is 184 Å². The number of unbranched alkanes of at least 4 members (excludes halogenated alkanes) is 11. The summed E-state index contributed by atoms with van der Waals surface area (Å²) in [6.07, 6.45) is 9.95. The number of nitrogens with one attached hydrogen (secondary N) is 1. The van der Waals surface area contributed by atoms with Crippen LogP contribution < -0.4 is 5.32 Å². The molecule has 3 unspecified atom stereocenters. The first kappa shape index (κ1) is 43.1. The van der Waals surface area contributed by atoms with E-state index in [0.717, 1.165) is 38.5 Å². The number of amides is 2. The molecule has 2 amide bonds. The molecule has 1 heterocycles. The fourth-order valence-electron chi connectivity index (χ4n) is 5.41. The van der Waals surface area contributed by atoms with Crippen LogP contribution in [0.3, 0.4) is 0 Å². The summed E-state index contributed by atoms with van der Waals surface area (Å²) >= 11 is 0. The molecule has 0 aliphatic carbocycles. The van der Waals surface area contributed by atoms with E-state index < -0.39 is 48.6 Å². The third-order valence-electron chi connectivity index (χ3n) is 8.21. The van der Waals surface area contributed by atoms with Crippen LogP contribution in [-0.4, -0.2) is 133 Å². The Morgan fingerprint density at radius 2 is 1.40 bits per heavy atom. The van der Waals surface area contributed by atoms with Gasteiger partial charge in [0.25, 0.3) is 5.91 Å². The molecule has 0 saturated carbocycles. The smallest absolute Gasteiger partial charge is 0.255 e. The highest BCUT2D eigenvalue weighted by atomic mass is 16.6.